The smallest absolute Gasteiger partial charge is 0.199 e. The van der Waals surface area contributed by atoms with E-state index in [4.69, 9.17) is 9.97 Å². The summed E-state index contributed by atoms with van der Waals surface area (Å²) in [6.45, 7) is 0. The molecule has 5 nitrogen and oxygen atoms in total. The van der Waals surface area contributed by atoms with Gasteiger partial charge in [-0.2, -0.15) is 0 Å². The number of nitrogens with zero attached hydrogens (tertiary/aromatic N) is 5. The van der Waals surface area contributed by atoms with Crippen molar-refractivity contribution < 1.29 is 0 Å². The zero-order valence-electron chi connectivity index (χ0n) is 15.2. The molecule has 0 saturated carbocycles. The van der Waals surface area contributed by atoms with Crippen LogP contribution in [0.25, 0.3) is 60.3 Å². The fraction of sp³-hybridized carbons (Fsp3) is 0. The summed E-state index contributed by atoms with van der Waals surface area (Å²) in [6, 6.07) is 21.2. The van der Waals surface area contributed by atoms with Gasteiger partial charge in [0, 0.05) is 40.1 Å². The van der Waals surface area contributed by atoms with Crippen LogP contribution in [0.5, 0.6) is 0 Å². The molecule has 0 bridgehead atoms. The number of fused-ring (bicyclic) bond motifs is 11. The van der Waals surface area contributed by atoms with Crippen molar-refractivity contribution in [3.8, 4) is 0 Å². The van der Waals surface area contributed by atoms with Crippen LogP contribution in [0.1, 0.15) is 0 Å². The van der Waals surface area contributed by atoms with Crippen LogP contribution < -0.4 is 0 Å². The van der Waals surface area contributed by atoms with E-state index in [2.05, 4.69) is 81.2 Å². The van der Waals surface area contributed by atoms with E-state index in [1.807, 2.05) is 0 Å². The Labute approximate surface area is 164 Å². The molecule has 0 spiro atoms. The topological polar surface area (TPSA) is 56.0 Å². The summed E-state index contributed by atoms with van der Waals surface area (Å²) in [4.78, 5) is 18.6. The molecule has 5 heteroatoms. The summed E-state index contributed by atoms with van der Waals surface area (Å²) in [5.74, 6) is 0. The molecule has 0 aliphatic heterocycles. The second kappa shape index (κ2) is 5.23. The first-order chi connectivity index (χ1) is 14.4. The van der Waals surface area contributed by atoms with E-state index in [9.17, 15) is 0 Å². The Bertz CT molecular complexity index is 1760. The summed E-state index contributed by atoms with van der Waals surface area (Å²) in [5.41, 5.74) is 3.90. The van der Waals surface area contributed by atoms with Gasteiger partial charge in [-0.3, -0.25) is 4.40 Å². The van der Waals surface area contributed by atoms with Crippen molar-refractivity contribution in [2.24, 2.45) is 0 Å². The summed E-state index contributed by atoms with van der Waals surface area (Å²) in [6.07, 6.45) is 5.45. The minimum atomic E-state index is 0.554. The molecule has 29 heavy (non-hydrogen) atoms. The standard InChI is InChI=1S/C24H13N5/c1-3-7-16-14(5-1)9-10-18-19(16)20-24(28-23-22(27-20)25-11-12-26-23)29-13-15-6-2-4-8-17(15)21(18)29/h1-13H. The van der Waals surface area contributed by atoms with Crippen molar-refractivity contribution in [2.75, 3.05) is 0 Å². The van der Waals surface area contributed by atoms with Crippen molar-refractivity contribution >= 4 is 60.3 Å². The van der Waals surface area contributed by atoms with Gasteiger partial charge in [0.2, 0.25) is 0 Å². The number of hydrogen-bond acceptors (Lipinski definition) is 4. The van der Waals surface area contributed by atoms with Crippen LogP contribution in [0.15, 0.2) is 79.3 Å². The lowest BCUT2D eigenvalue weighted by Crippen LogP contribution is -1.99. The van der Waals surface area contributed by atoms with E-state index < -0.39 is 0 Å². The Morgan fingerprint density at radius 2 is 1.34 bits per heavy atom. The normalized spacial score (nSPS) is 12.1. The van der Waals surface area contributed by atoms with Crippen LogP contribution in [0, 0.1) is 0 Å². The Morgan fingerprint density at radius 1 is 0.621 bits per heavy atom. The molecule has 4 heterocycles. The molecule has 0 radical (unpaired) electrons. The van der Waals surface area contributed by atoms with Gasteiger partial charge in [0.1, 0.15) is 5.52 Å². The molecule has 7 rings (SSSR count). The highest BCUT2D eigenvalue weighted by molar-refractivity contribution is 6.26. The molecule has 134 valence electrons. The number of hydrogen-bond donors (Lipinski definition) is 0. The van der Waals surface area contributed by atoms with E-state index in [1.165, 1.54) is 21.5 Å². The van der Waals surface area contributed by atoms with E-state index in [-0.39, 0.29) is 0 Å². The molecule has 0 N–H and O–H groups in total. The van der Waals surface area contributed by atoms with Crippen LogP contribution in [0.2, 0.25) is 0 Å². The van der Waals surface area contributed by atoms with Gasteiger partial charge in [0.15, 0.2) is 16.9 Å². The molecule has 4 aromatic heterocycles. The van der Waals surface area contributed by atoms with Crippen LogP contribution in [0.3, 0.4) is 0 Å². The summed E-state index contributed by atoms with van der Waals surface area (Å²) < 4.78 is 2.15. The van der Waals surface area contributed by atoms with Crippen LogP contribution in [0.4, 0.5) is 0 Å². The molecule has 0 saturated heterocycles. The molecule has 0 unspecified atom stereocenters. The van der Waals surface area contributed by atoms with Gasteiger partial charge in [-0.1, -0.05) is 60.7 Å². The third kappa shape index (κ3) is 1.88. The Hall–Kier alpha value is -4.12. The second-order valence-corrected chi connectivity index (χ2v) is 7.24. The highest BCUT2D eigenvalue weighted by Crippen LogP contribution is 2.37. The first-order valence-electron chi connectivity index (χ1n) is 9.50. The van der Waals surface area contributed by atoms with Gasteiger partial charge in [-0.15, -0.1) is 0 Å². The first kappa shape index (κ1) is 14.9. The average molecular weight is 371 g/mol. The maximum Gasteiger partial charge on any atom is 0.199 e. The Balaban J connectivity index is 1.90. The molecule has 0 fully saturated rings. The summed E-state index contributed by atoms with van der Waals surface area (Å²) in [5, 5.41) is 7.00. The molecule has 0 amide bonds. The van der Waals surface area contributed by atoms with Crippen molar-refractivity contribution in [1.29, 1.82) is 0 Å². The van der Waals surface area contributed by atoms with Gasteiger partial charge in [-0.05, 0) is 10.8 Å². The van der Waals surface area contributed by atoms with E-state index in [0.717, 1.165) is 27.5 Å². The largest absolute Gasteiger partial charge is 0.298 e. The predicted octanol–water partition coefficient (Wildman–Crippen LogP) is 5.29. The maximum absolute atomic E-state index is 4.92. The summed E-state index contributed by atoms with van der Waals surface area (Å²) >= 11 is 0. The minimum Gasteiger partial charge on any atom is -0.298 e. The lowest BCUT2D eigenvalue weighted by atomic mass is 10.0. The first-order valence-corrected chi connectivity index (χ1v) is 9.50. The molecule has 0 aliphatic carbocycles. The van der Waals surface area contributed by atoms with Crippen molar-refractivity contribution in [2.45, 2.75) is 0 Å². The van der Waals surface area contributed by atoms with Crippen LogP contribution in [-0.2, 0) is 0 Å². The highest BCUT2D eigenvalue weighted by Gasteiger charge is 2.17. The Morgan fingerprint density at radius 3 is 2.21 bits per heavy atom. The van der Waals surface area contributed by atoms with Crippen molar-refractivity contribution in [1.82, 2.24) is 24.3 Å². The number of pyridine rings is 1. The fourth-order valence-corrected chi connectivity index (χ4v) is 4.45. The average Bonchev–Trinajstić information content (AvgIpc) is 3.17. The predicted molar refractivity (Wildman–Crippen MR) is 116 cm³/mol. The maximum atomic E-state index is 4.92. The van der Waals surface area contributed by atoms with Gasteiger partial charge in [-0.25, -0.2) is 19.9 Å². The van der Waals surface area contributed by atoms with Gasteiger partial charge in [0.25, 0.3) is 0 Å². The number of rotatable bonds is 0. The lowest BCUT2D eigenvalue weighted by Gasteiger charge is -2.11. The monoisotopic (exact) mass is 371 g/mol. The van der Waals surface area contributed by atoms with E-state index >= 15 is 0 Å². The Kier molecular flexibility index (Phi) is 2.68. The third-order valence-corrected chi connectivity index (χ3v) is 5.68. The van der Waals surface area contributed by atoms with Crippen molar-refractivity contribution in [3.05, 3.63) is 79.3 Å². The molecule has 7 aromatic rings. The van der Waals surface area contributed by atoms with E-state index in [0.29, 0.717) is 11.3 Å². The lowest BCUT2D eigenvalue weighted by molar-refractivity contribution is 1.16. The molecular weight excluding hydrogens is 358 g/mol. The molecule has 3 aromatic carbocycles. The van der Waals surface area contributed by atoms with Gasteiger partial charge < -0.3 is 0 Å². The number of aromatic nitrogens is 5. The summed E-state index contributed by atoms with van der Waals surface area (Å²) in [7, 11) is 0. The molecule has 0 atom stereocenters. The quantitative estimate of drug-likeness (QED) is 0.269. The zero-order valence-corrected chi connectivity index (χ0v) is 15.2. The van der Waals surface area contributed by atoms with Gasteiger partial charge >= 0.3 is 0 Å². The number of benzene rings is 3. The molecule has 0 aliphatic rings. The van der Waals surface area contributed by atoms with Gasteiger partial charge in [0.05, 0.1) is 5.52 Å². The SMILES string of the molecule is c1ccc2c(c1)ccc1c2c2nc3nccnc3nc2n2cc3ccccc3c12. The minimum absolute atomic E-state index is 0.554. The third-order valence-electron chi connectivity index (χ3n) is 5.68. The van der Waals surface area contributed by atoms with E-state index in [1.54, 1.807) is 12.4 Å². The fourth-order valence-electron chi connectivity index (χ4n) is 4.45. The van der Waals surface area contributed by atoms with Crippen molar-refractivity contribution in [3.63, 3.8) is 0 Å². The van der Waals surface area contributed by atoms with Crippen LogP contribution in [-0.4, -0.2) is 24.3 Å². The van der Waals surface area contributed by atoms with Crippen LogP contribution >= 0.6 is 0 Å². The highest BCUT2D eigenvalue weighted by atomic mass is 15.1. The zero-order chi connectivity index (χ0) is 18.9. The second-order valence-electron chi connectivity index (χ2n) is 7.24. The molecular formula is C24H13N5.